The highest BCUT2D eigenvalue weighted by Gasteiger charge is 1.95. The molecule has 0 atom stereocenters. The lowest BCUT2D eigenvalue weighted by atomic mass is 10.1. The van der Waals surface area contributed by atoms with Gasteiger partial charge in [-0.25, -0.2) is 0 Å². The molecule has 5 heteroatoms. The van der Waals surface area contributed by atoms with Gasteiger partial charge in [0.1, 0.15) is 0 Å². The maximum Gasteiger partial charge on any atom is 0.0389 e. The van der Waals surface area contributed by atoms with Crippen molar-refractivity contribution in [2.75, 3.05) is 5.32 Å². The first-order valence-electron chi connectivity index (χ1n) is 12.8. The fourth-order valence-corrected chi connectivity index (χ4v) is 1.74. The molecule has 0 aliphatic carbocycles. The number of halogens is 3. The quantitative estimate of drug-likeness (QED) is 0.317. The second-order valence-electron chi connectivity index (χ2n) is 7.87. The van der Waals surface area contributed by atoms with E-state index >= 15 is 0 Å². The Balaban J connectivity index is -0.0000000665. The summed E-state index contributed by atoms with van der Waals surface area (Å²) in [5.74, 6) is 0. The number of aryl methyl sites for hydroxylation is 2. The Morgan fingerprint density at radius 2 is 0.743 bits per heavy atom. The maximum atomic E-state index is 3.39. The Hall–Kier alpha value is -0.360. The third-order valence-electron chi connectivity index (χ3n) is 4.28. The Bertz CT molecular complexity index is 535. The Morgan fingerprint density at radius 3 is 1.00 bits per heavy atom. The molecule has 212 valence electrons. The zero-order valence-corrected chi connectivity index (χ0v) is 29.8. The molecule has 0 spiro atoms. The second kappa shape index (κ2) is 43.7. The van der Waals surface area contributed by atoms with E-state index in [9.17, 15) is 0 Å². The van der Waals surface area contributed by atoms with Crippen molar-refractivity contribution in [2.24, 2.45) is 0 Å². The molecule has 0 saturated heterocycles. The van der Waals surface area contributed by atoms with Crippen molar-refractivity contribution in [2.45, 2.75) is 121 Å². The predicted molar refractivity (Wildman–Crippen MR) is 184 cm³/mol. The molecule has 0 unspecified atom stereocenters. The van der Waals surface area contributed by atoms with Crippen LogP contribution in [0.4, 0.5) is 11.4 Å². The molecule has 2 aromatic carbocycles. The minimum atomic E-state index is 0. The van der Waals surface area contributed by atoms with Crippen LogP contribution in [-0.2, 0) is 0 Å². The van der Waals surface area contributed by atoms with E-state index < -0.39 is 0 Å². The number of anilines is 2. The van der Waals surface area contributed by atoms with Crippen molar-refractivity contribution in [3.05, 3.63) is 59.7 Å². The summed E-state index contributed by atoms with van der Waals surface area (Å²) in [6, 6.07) is 16.7. The van der Waals surface area contributed by atoms with Gasteiger partial charge in [-0.3, -0.25) is 0 Å². The van der Waals surface area contributed by atoms with Crippen LogP contribution in [0.2, 0.25) is 0 Å². The molecule has 0 fully saturated rings. The van der Waals surface area contributed by atoms with Crippen LogP contribution in [0.3, 0.4) is 0 Å². The normalized spacial score (nSPS) is 7.71. The van der Waals surface area contributed by atoms with Crippen molar-refractivity contribution < 1.29 is 0 Å². The summed E-state index contributed by atoms with van der Waals surface area (Å²) in [5, 5.41) is 3.39. The molecule has 0 aliphatic heterocycles. The summed E-state index contributed by atoms with van der Waals surface area (Å²) < 4.78 is 0. The molecule has 0 amide bonds. The van der Waals surface area contributed by atoms with Crippen molar-refractivity contribution in [3.63, 3.8) is 0 Å². The van der Waals surface area contributed by atoms with Gasteiger partial charge >= 0.3 is 0 Å². The fourth-order valence-electron chi connectivity index (χ4n) is 1.74. The predicted octanol–water partition coefficient (Wildman–Crippen LogP) is 13.2. The summed E-state index contributed by atoms with van der Waals surface area (Å²) in [6.45, 7) is 21.7. The van der Waals surface area contributed by atoms with Crippen molar-refractivity contribution in [3.8, 4) is 0 Å². The van der Waals surface area contributed by atoms with E-state index in [1.54, 1.807) is 0 Å². The van der Waals surface area contributed by atoms with E-state index in [1.807, 2.05) is 18.2 Å². The molecule has 2 nitrogen and oxygen atoms in total. The molecule has 0 heterocycles. The van der Waals surface area contributed by atoms with Gasteiger partial charge in [-0.05, 0) is 49.2 Å². The molecule has 0 bridgehead atoms. The third-order valence-corrected chi connectivity index (χ3v) is 4.28. The van der Waals surface area contributed by atoms with Crippen LogP contribution in [0, 0.1) is 13.8 Å². The van der Waals surface area contributed by atoms with Crippen molar-refractivity contribution in [1.29, 1.82) is 0 Å². The SMILES string of the molecule is Br.Br.Br.CCCC.CCCC.CCCC.CCCC.Cc1cc(C)cc(Nc2ccccc2)c1.N. The highest BCUT2D eigenvalue weighted by Crippen LogP contribution is 2.18. The van der Waals surface area contributed by atoms with Crippen LogP contribution < -0.4 is 11.5 Å². The van der Waals surface area contributed by atoms with Crippen LogP contribution >= 0.6 is 50.9 Å². The molecule has 0 radical (unpaired) electrons. The first kappa shape index (κ1) is 51.3. The smallest absolute Gasteiger partial charge is 0.0389 e. The van der Waals surface area contributed by atoms with Gasteiger partial charge in [0.2, 0.25) is 0 Å². The van der Waals surface area contributed by atoms with E-state index in [4.69, 9.17) is 0 Å². The first-order valence-corrected chi connectivity index (χ1v) is 12.8. The molecule has 0 aliphatic rings. The largest absolute Gasteiger partial charge is 0.356 e. The lowest BCUT2D eigenvalue weighted by Gasteiger charge is -2.08. The third kappa shape index (κ3) is 44.1. The summed E-state index contributed by atoms with van der Waals surface area (Å²) in [4.78, 5) is 0. The zero-order valence-electron chi connectivity index (χ0n) is 24.7. The lowest BCUT2D eigenvalue weighted by molar-refractivity contribution is 0.886. The van der Waals surface area contributed by atoms with Crippen LogP contribution in [0.1, 0.15) is 118 Å². The van der Waals surface area contributed by atoms with E-state index in [1.165, 1.54) is 62.5 Å². The van der Waals surface area contributed by atoms with Crippen molar-refractivity contribution >= 4 is 62.3 Å². The van der Waals surface area contributed by atoms with Gasteiger partial charge in [-0.15, -0.1) is 50.9 Å². The van der Waals surface area contributed by atoms with Crippen LogP contribution in [-0.4, -0.2) is 0 Å². The molecule has 4 N–H and O–H groups in total. The van der Waals surface area contributed by atoms with E-state index in [-0.39, 0.29) is 57.1 Å². The number of rotatable bonds is 6. The minimum Gasteiger partial charge on any atom is -0.356 e. The highest BCUT2D eigenvalue weighted by molar-refractivity contribution is 8.93. The summed E-state index contributed by atoms with van der Waals surface area (Å²) in [6.07, 6.45) is 10.6. The first-order chi connectivity index (χ1) is 14.9. The fraction of sp³-hybridized carbons (Fsp3) is 0.600. The zero-order chi connectivity index (χ0) is 24.3. The average Bonchev–Trinajstić information content (AvgIpc) is 2.79. The van der Waals surface area contributed by atoms with Crippen LogP contribution in [0.15, 0.2) is 48.5 Å². The van der Waals surface area contributed by atoms with Gasteiger partial charge in [0.25, 0.3) is 0 Å². The topological polar surface area (TPSA) is 47.0 Å². The number of hydrogen-bond donors (Lipinski definition) is 2. The van der Waals surface area contributed by atoms with Gasteiger partial charge in [-0.1, -0.05) is 131 Å². The summed E-state index contributed by atoms with van der Waals surface area (Å²) in [7, 11) is 0. The minimum absolute atomic E-state index is 0. The van der Waals surface area contributed by atoms with Gasteiger partial charge in [0.05, 0.1) is 0 Å². The summed E-state index contributed by atoms with van der Waals surface area (Å²) >= 11 is 0. The molecule has 0 saturated carbocycles. The Morgan fingerprint density at radius 1 is 0.457 bits per heavy atom. The molecule has 2 aromatic rings. The average molecular weight is 690 g/mol. The lowest BCUT2D eigenvalue weighted by Crippen LogP contribution is -1.91. The monoisotopic (exact) mass is 686 g/mol. The van der Waals surface area contributed by atoms with E-state index in [0.717, 1.165) is 11.4 Å². The molecule has 2 rings (SSSR count). The second-order valence-corrected chi connectivity index (χ2v) is 7.87. The van der Waals surface area contributed by atoms with Gasteiger partial charge in [0.15, 0.2) is 0 Å². The Labute approximate surface area is 252 Å². The van der Waals surface area contributed by atoms with Crippen LogP contribution in [0.5, 0.6) is 0 Å². The summed E-state index contributed by atoms with van der Waals surface area (Å²) in [5.41, 5.74) is 4.85. The number of nitrogens with one attached hydrogen (secondary N) is 1. The van der Waals surface area contributed by atoms with Gasteiger partial charge in [-0.2, -0.15) is 0 Å². The standard InChI is InChI=1S/C14H15N.4C4H10.3BrH.H3N/c1-11-8-12(2)10-14(9-11)15-13-6-4-3-5-7-13;4*1-3-4-2;;;;/h3-10,15H,1-2H3;4*3-4H2,1-2H3;3*1H;1H3. The number of hydrogen-bond acceptors (Lipinski definition) is 2. The molecule has 35 heavy (non-hydrogen) atoms. The van der Waals surface area contributed by atoms with Gasteiger partial charge in [0, 0.05) is 11.4 Å². The highest BCUT2D eigenvalue weighted by atomic mass is 79.9. The van der Waals surface area contributed by atoms with Gasteiger partial charge < -0.3 is 11.5 Å². The molecule has 0 aromatic heterocycles. The van der Waals surface area contributed by atoms with E-state index in [2.05, 4.69) is 105 Å². The molecular weight excluding hydrogens is 628 g/mol. The number of benzene rings is 2. The van der Waals surface area contributed by atoms with E-state index in [0.29, 0.717) is 0 Å². The molecular formula is C30H61Br3N2. The van der Waals surface area contributed by atoms with Crippen molar-refractivity contribution in [1.82, 2.24) is 6.15 Å². The number of unbranched alkanes of at least 4 members (excludes halogenated alkanes) is 4. The Kier molecular flexibility index (Phi) is 64.1. The number of para-hydroxylation sites is 1. The van der Waals surface area contributed by atoms with Crippen LogP contribution in [0.25, 0.3) is 0 Å². The maximum absolute atomic E-state index is 3.39.